The largest absolute Gasteiger partial charge is 0.371 e. The number of hydrogen-bond acceptors (Lipinski definition) is 3. The van der Waals surface area contributed by atoms with Gasteiger partial charge in [0, 0.05) is 18.8 Å². The summed E-state index contributed by atoms with van der Waals surface area (Å²) in [4.78, 5) is 14.1. The summed E-state index contributed by atoms with van der Waals surface area (Å²) in [5.41, 5.74) is 1.32. The summed E-state index contributed by atoms with van der Waals surface area (Å²) in [5.74, 6) is -1.05. The van der Waals surface area contributed by atoms with Crippen molar-refractivity contribution >= 4 is 23.2 Å². The van der Waals surface area contributed by atoms with Crippen molar-refractivity contribution in [3.05, 3.63) is 64.7 Å². The summed E-state index contributed by atoms with van der Waals surface area (Å²) >= 11 is 5.71. The van der Waals surface area contributed by atoms with E-state index >= 15 is 0 Å². The highest BCUT2D eigenvalue weighted by molar-refractivity contribution is 6.31. The van der Waals surface area contributed by atoms with E-state index in [-0.39, 0.29) is 29.4 Å². The predicted octanol–water partition coefficient (Wildman–Crippen LogP) is 3.63. The minimum Gasteiger partial charge on any atom is -0.371 e. The number of carbonyl (C=O) groups excluding carboxylic acids is 1. The summed E-state index contributed by atoms with van der Waals surface area (Å²) in [7, 11) is 0. The molecule has 1 saturated heterocycles. The predicted molar refractivity (Wildman–Crippen MR) is 91.6 cm³/mol. The summed E-state index contributed by atoms with van der Waals surface area (Å²) in [5, 5.41) is 2.66. The molecule has 3 rings (SSSR count). The fourth-order valence-corrected chi connectivity index (χ4v) is 2.88. The lowest BCUT2D eigenvalue weighted by Crippen LogP contribution is -2.42. The number of halogens is 3. The average molecular weight is 367 g/mol. The fraction of sp³-hybridized carbons (Fsp3) is 0.278. The molecule has 1 aliphatic rings. The zero-order valence-corrected chi connectivity index (χ0v) is 14.1. The Labute approximate surface area is 149 Å². The second kappa shape index (κ2) is 7.91. The first-order valence-electron chi connectivity index (χ1n) is 7.85. The molecule has 1 N–H and O–H groups in total. The third-order valence-corrected chi connectivity index (χ3v) is 4.25. The molecule has 0 saturated carbocycles. The number of carbonyl (C=O) groups is 1. The Balaban J connectivity index is 1.57. The van der Waals surface area contributed by atoms with E-state index < -0.39 is 5.82 Å². The number of amides is 1. The van der Waals surface area contributed by atoms with Crippen LogP contribution in [0, 0.1) is 11.6 Å². The zero-order chi connectivity index (χ0) is 17.8. The van der Waals surface area contributed by atoms with Gasteiger partial charge in [-0.1, -0.05) is 23.7 Å². The van der Waals surface area contributed by atoms with E-state index in [4.69, 9.17) is 16.3 Å². The molecule has 0 aliphatic carbocycles. The smallest absolute Gasteiger partial charge is 0.238 e. The molecule has 0 aromatic heterocycles. The minimum atomic E-state index is -0.532. The van der Waals surface area contributed by atoms with Crippen molar-refractivity contribution in [2.24, 2.45) is 0 Å². The van der Waals surface area contributed by atoms with Crippen LogP contribution in [0.4, 0.5) is 14.5 Å². The average Bonchev–Trinajstić information content (AvgIpc) is 2.59. The first kappa shape index (κ1) is 17.8. The molecule has 132 valence electrons. The van der Waals surface area contributed by atoms with Gasteiger partial charge in [0.25, 0.3) is 0 Å². The van der Waals surface area contributed by atoms with Gasteiger partial charge in [-0.25, -0.2) is 8.78 Å². The van der Waals surface area contributed by atoms with Gasteiger partial charge in [-0.2, -0.15) is 0 Å². The third-order valence-electron chi connectivity index (χ3n) is 3.96. The number of morpholine rings is 1. The Bertz CT molecular complexity index is 755. The molecule has 1 unspecified atom stereocenters. The first-order chi connectivity index (χ1) is 12.0. The first-order valence-corrected chi connectivity index (χ1v) is 8.23. The molecule has 0 bridgehead atoms. The lowest BCUT2D eigenvalue weighted by Gasteiger charge is -2.32. The van der Waals surface area contributed by atoms with Crippen LogP contribution in [0.2, 0.25) is 5.02 Å². The number of nitrogens with zero attached hydrogens (tertiary/aromatic N) is 1. The summed E-state index contributed by atoms with van der Waals surface area (Å²) in [6.07, 6.45) is -0.206. The van der Waals surface area contributed by atoms with Crippen molar-refractivity contribution in [3.8, 4) is 0 Å². The van der Waals surface area contributed by atoms with Crippen molar-refractivity contribution in [2.75, 3.05) is 31.6 Å². The van der Waals surface area contributed by atoms with Crippen LogP contribution in [0.1, 0.15) is 11.7 Å². The summed E-state index contributed by atoms with van der Waals surface area (Å²) < 4.78 is 31.9. The summed E-state index contributed by atoms with van der Waals surface area (Å²) in [6, 6.07) is 10.2. The fourth-order valence-electron chi connectivity index (χ4n) is 2.70. The highest BCUT2D eigenvalue weighted by atomic mass is 35.5. The topological polar surface area (TPSA) is 41.6 Å². The SMILES string of the molecule is O=C(CN1CCOC(c2ccc(F)cc2)C1)Nc1ccc(F)c(Cl)c1. The highest BCUT2D eigenvalue weighted by Crippen LogP contribution is 2.23. The maximum Gasteiger partial charge on any atom is 0.238 e. The third kappa shape index (κ3) is 4.75. The molecule has 1 heterocycles. The van der Waals surface area contributed by atoms with Crippen LogP contribution in [0.5, 0.6) is 0 Å². The van der Waals surface area contributed by atoms with Gasteiger partial charge in [0.2, 0.25) is 5.91 Å². The molecular weight excluding hydrogens is 350 g/mol. The van der Waals surface area contributed by atoms with Gasteiger partial charge in [0.1, 0.15) is 11.6 Å². The van der Waals surface area contributed by atoms with Crippen LogP contribution in [0.3, 0.4) is 0 Å². The van der Waals surface area contributed by atoms with Gasteiger partial charge >= 0.3 is 0 Å². The van der Waals surface area contributed by atoms with Gasteiger partial charge in [-0.15, -0.1) is 0 Å². The number of ether oxygens (including phenoxy) is 1. The van der Waals surface area contributed by atoms with Gasteiger partial charge in [-0.3, -0.25) is 9.69 Å². The maximum atomic E-state index is 13.1. The molecule has 25 heavy (non-hydrogen) atoms. The molecule has 1 fully saturated rings. The lowest BCUT2D eigenvalue weighted by atomic mass is 10.1. The Hall–Kier alpha value is -2.02. The van der Waals surface area contributed by atoms with Crippen LogP contribution in [0.15, 0.2) is 42.5 Å². The van der Waals surface area contributed by atoms with Gasteiger partial charge < -0.3 is 10.1 Å². The van der Waals surface area contributed by atoms with Gasteiger partial charge in [0.15, 0.2) is 0 Å². The number of hydrogen-bond donors (Lipinski definition) is 1. The van der Waals surface area contributed by atoms with Crippen LogP contribution in [-0.4, -0.2) is 37.0 Å². The summed E-state index contributed by atoms with van der Waals surface area (Å²) in [6.45, 7) is 1.81. The minimum absolute atomic E-state index is 0.0412. The molecule has 2 aromatic carbocycles. The van der Waals surface area contributed by atoms with E-state index in [2.05, 4.69) is 5.32 Å². The Kier molecular flexibility index (Phi) is 5.63. The molecule has 0 spiro atoms. The molecular formula is C18H17ClF2N2O2. The van der Waals surface area contributed by atoms with E-state index in [0.717, 1.165) is 5.56 Å². The van der Waals surface area contributed by atoms with Crippen LogP contribution in [-0.2, 0) is 9.53 Å². The van der Waals surface area contributed by atoms with Gasteiger partial charge in [-0.05, 0) is 35.9 Å². The monoisotopic (exact) mass is 366 g/mol. The molecule has 2 aromatic rings. The zero-order valence-electron chi connectivity index (χ0n) is 13.3. The molecule has 0 radical (unpaired) electrons. The molecule has 4 nitrogen and oxygen atoms in total. The van der Waals surface area contributed by atoms with Crippen LogP contribution >= 0.6 is 11.6 Å². The van der Waals surface area contributed by atoms with E-state index in [1.807, 2.05) is 4.90 Å². The van der Waals surface area contributed by atoms with Crippen molar-refractivity contribution in [3.63, 3.8) is 0 Å². The molecule has 7 heteroatoms. The standard InChI is InChI=1S/C18H17ClF2N2O2/c19-15-9-14(5-6-16(15)21)22-18(24)11-23-7-8-25-17(10-23)12-1-3-13(20)4-2-12/h1-6,9,17H,7-8,10-11H2,(H,22,24). The number of benzene rings is 2. The molecule has 1 atom stereocenters. The van der Waals surface area contributed by atoms with E-state index in [1.54, 1.807) is 12.1 Å². The molecule has 1 amide bonds. The van der Waals surface area contributed by atoms with Crippen molar-refractivity contribution in [1.29, 1.82) is 0 Å². The lowest BCUT2D eigenvalue weighted by molar-refractivity contribution is -0.119. The van der Waals surface area contributed by atoms with Crippen molar-refractivity contribution < 1.29 is 18.3 Å². The number of nitrogens with one attached hydrogen (secondary N) is 1. The van der Waals surface area contributed by atoms with E-state index in [0.29, 0.717) is 25.4 Å². The highest BCUT2D eigenvalue weighted by Gasteiger charge is 2.23. The van der Waals surface area contributed by atoms with Crippen molar-refractivity contribution in [1.82, 2.24) is 4.90 Å². The van der Waals surface area contributed by atoms with Gasteiger partial charge in [0.05, 0.1) is 24.3 Å². The Morgan fingerprint density at radius 1 is 1.24 bits per heavy atom. The Morgan fingerprint density at radius 2 is 2.00 bits per heavy atom. The van der Waals surface area contributed by atoms with Crippen LogP contribution < -0.4 is 5.32 Å². The second-order valence-electron chi connectivity index (χ2n) is 5.82. The van der Waals surface area contributed by atoms with Crippen LogP contribution in [0.25, 0.3) is 0 Å². The van der Waals surface area contributed by atoms with Crippen molar-refractivity contribution in [2.45, 2.75) is 6.10 Å². The molecule has 1 aliphatic heterocycles. The second-order valence-corrected chi connectivity index (χ2v) is 6.23. The van der Waals surface area contributed by atoms with E-state index in [9.17, 15) is 13.6 Å². The normalized spacial score (nSPS) is 18.1. The quantitative estimate of drug-likeness (QED) is 0.898. The maximum absolute atomic E-state index is 13.1. The van der Waals surface area contributed by atoms with E-state index in [1.165, 1.54) is 30.3 Å². The Morgan fingerprint density at radius 3 is 2.72 bits per heavy atom. The number of anilines is 1. The number of rotatable bonds is 4.